The van der Waals surface area contributed by atoms with Crippen molar-refractivity contribution in [2.24, 2.45) is 0 Å². The first kappa shape index (κ1) is 22.2. The number of fused-ring (bicyclic) bond motifs is 2. The van der Waals surface area contributed by atoms with Crippen LogP contribution in [0, 0.1) is 6.92 Å². The SMILES string of the molecule is CCOCCOc1ccc2ncnc(Nc3ccc(Oc4ccc5c(c4)C5(C)C)c(C)c3)c2c1. The average Bonchev–Trinajstić information content (AvgIpc) is 3.38. The van der Waals surface area contributed by atoms with E-state index in [1.54, 1.807) is 6.33 Å². The molecule has 6 nitrogen and oxygen atoms in total. The fourth-order valence-corrected chi connectivity index (χ4v) is 4.20. The number of ether oxygens (including phenoxy) is 3. The molecule has 3 aromatic carbocycles. The molecule has 0 atom stereocenters. The van der Waals surface area contributed by atoms with Gasteiger partial charge in [0.15, 0.2) is 0 Å². The van der Waals surface area contributed by atoms with E-state index in [0.717, 1.165) is 45.2 Å². The third-order valence-electron chi connectivity index (χ3n) is 6.25. The number of anilines is 2. The second kappa shape index (κ2) is 8.95. The van der Waals surface area contributed by atoms with E-state index in [1.165, 1.54) is 11.1 Å². The van der Waals surface area contributed by atoms with Gasteiger partial charge in [0.25, 0.3) is 0 Å². The van der Waals surface area contributed by atoms with Crippen LogP contribution in [-0.2, 0) is 10.2 Å². The lowest BCUT2D eigenvalue weighted by Gasteiger charge is -2.13. The molecule has 4 aromatic rings. The van der Waals surface area contributed by atoms with E-state index in [1.807, 2.05) is 50.2 Å². The second-order valence-electron chi connectivity index (χ2n) is 8.99. The maximum atomic E-state index is 6.18. The molecule has 1 aliphatic carbocycles. The van der Waals surface area contributed by atoms with Gasteiger partial charge < -0.3 is 19.5 Å². The third kappa shape index (κ3) is 4.41. The first-order valence-corrected chi connectivity index (χ1v) is 11.6. The van der Waals surface area contributed by atoms with Gasteiger partial charge in [-0.25, -0.2) is 9.97 Å². The van der Waals surface area contributed by atoms with Crippen LogP contribution in [0.2, 0.25) is 0 Å². The Labute approximate surface area is 199 Å². The lowest BCUT2D eigenvalue weighted by atomic mass is 10.1. The number of hydrogen-bond acceptors (Lipinski definition) is 6. The molecule has 0 amide bonds. The summed E-state index contributed by atoms with van der Waals surface area (Å²) in [6, 6.07) is 18.2. The summed E-state index contributed by atoms with van der Waals surface area (Å²) in [6.07, 6.45) is 1.56. The van der Waals surface area contributed by atoms with Crippen molar-refractivity contribution in [2.45, 2.75) is 33.1 Å². The molecule has 174 valence electrons. The summed E-state index contributed by atoms with van der Waals surface area (Å²) in [6.45, 7) is 10.2. The minimum absolute atomic E-state index is 0.180. The summed E-state index contributed by atoms with van der Waals surface area (Å²) in [7, 11) is 0. The van der Waals surface area contributed by atoms with E-state index in [2.05, 4.69) is 47.3 Å². The van der Waals surface area contributed by atoms with Gasteiger partial charge in [-0.3, -0.25) is 0 Å². The maximum absolute atomic E-state index is 6.18. The topological polar surface area (TPSA) is 65.5 Å². The second-order valence-corrected chi connectivity index (χ2v) is 8.99. The average molecular weight is 456 g/mol. The molecule has 0 aliphatic heterocycles. The van der Waals surface area contributed by atoms with Crippen LogP contribution < -0.4 is 14.8 Å². The van der Waals surface area contributed by atoms with Crippen LogP contribution in [0.1, 0.15) is 37.5 Å². The van der Waals surface area contributed by atoms with Gasteiger partial charge in [0, 0.05) is 23.1 Å². The van der Waals surface area contributed by atoms with Crippen LogP contribution in [0.25, 0.3) is 10.9 Å². The summed E-state index contributed by atoms with van der Waals surface area (Å²) < 4.78 is 17.3. The zero-order chi connectivity index (χ0) is 23.7. The van der Waals surface area contributed by atoms with Crippen molar-refractivity contribution < 1.29 is 14.2 Å². The van der Waals surface area contributed by atoms with Crippen molar-refractivity contribution in [3.8, 4) is 17.2 Å². The molecule has 0 unspecified atom stereocenters. The smallest absolute Gasteiger partial charge is 0.141 e. The molecule has 34 heavy (non-hydrogen) atoms. The molecule has 0 fully saturated rings. The van der Waals surface area contributed by atoms with E-state index < -0.39 is 0 Å². The fraction of sp³-hybridized carbons (Fsp3) is 0.286. The Hall–Kier alpha value is -3.64. The summed E-state index contributed by atoms with van der Waals surface area (Å²) in [5.74, 6) is 3.19. The molecule has 0 spiro atoms. The lowest BCUT2D eigenvalue weighted by Crippen LogP contribution is -2.06. The first-order valence-electron chi connectivity index (χ1n) is 11.6. The quantitative estimate of drug-likeness (QED) is 0.290. The minimum atomic E-state index is 0.180. The monoisotopic (exact) mass is 455 g/mol. The zero-order valence-corrected chi connectivity index (χ0v) is 20.0. The van der Waals surface area contributed by atoms with E-state index in [9.17, 15) is 0 Å². The van der Waals surface area contributed by atoms with Gasteiger partial charge in [-0.15, -0.1) is 0 Å². The predicted octanol–water partition coefficient (Wildman–Crippen LogP) is 6.53. The summed E-state index contributed by atoms with van der Waals surface area (Å²) in [4.78, 5) is 8.85. The van der Waals surface area contributed by atoms with Crippen LogP contribution in [0.15, 0.2) is 60.9 Å². The van der Waals surface area contributed by atoms with Crippen LogP contribution >= 0.6 is 0 Å². The molecule has 1 aromatic heterocycles. The highest BCUT2D eigenvalue weighted by atomic mass is 16.5. The van der Waals surface area contributed by atoms with Gasteiger partial charge in [0.2, 0.25) is 0 Å². The Morgan fingerprint density at radius 2 is 1.74 bits per heavy atom. The number of nitrogens with zero attached hydrogens (tertiary/aromatic N) is 2. The van der Waals surface area contributed by atoms with Gasteiger partial charge in [0.05, 0.1) is 12.1 Å². The molecular formula is C28H29N3O3. The van der Waals surface area contributed by atoms with E-state index in [0.29, 0.717) is 19.8 Å². The molecule has 1 heterocycles. The number of rotatable bonds is 9. The third-order valence-corrected chi connectivity index (χ3v) is 6.25. The number of hydrogen-bond donors (Lipinski definition) is 1. The molecule has 1 N–H and O–H groups in total. The van der Waals surface area contributed by atoms with Crippen LogP contribution in [-0.4, -0.2) is 29.8 Å². The molecule has 6 heteroatoms. The highest BCUT2D eigenvalue weighted by Crippen LogP contribution is 2.50. The van der Waals surface area contributed by atoms with E-state index >= 15 is 0 Å². The molecule has 0 bridgehead atoms. The van der Waals surface area contributed by atoms with Crippen molar-refractivity contribution in [3.63, 3.8) is 0 Å². The standard InChI is InChI=1S/C28H29N3O3/c1-5-32-12-13-33-20-8-10-25-22(15-20)27(30-17-29-25)31-19-6-11-26(18(2)14-19)34-21-7-9-23-24(16-21)28(23,3)4/h6-11,14-17H,5,12-13H2,1-4H3,(H,29,30,31). The largest absolute Gasteiger partial charge is 0.491 e. The maximum Gasteiger partial charge on any atom is 0.141 e. The highest BCUT2D eigenvalue weighted by molar-refractivity contribution is 5.91. The Morgan fingerprint density at radius 1 is 0.882 bits per heavy atom. The number of nitrogens with one attached hydrogen (secondary N) is 1. The number of aromatic nitrogens is 2. The summed E-state index contributed by atoms with van der Waals surface area (Å²) >= 11 is 0. The zero-order valence-electron chi connectivity index (χ0n) is 20.0. The van der Waals surface area contributed by atoms with Crippen molar-refractivity contribution in [2.75, 3.05) is 25.1 Å². The van der Waals surface area contributed by atoms with Gasteiger partial charge >= 0.3 is 0 Å². The summed E-state index contributed by atoms with van der Waals surface area (Å²) in [5.41, 5.74) is 5.74. The van der Waals surface area contributed by atoms with E-state index in [4.69, 9.17) is 14.2 Å². The Kier molecular flexibility index (Phi) is 5.84. The van der Waals surface area contributed by atoms with Crippen LogP contribution in [0.3, 0.4) is 0 Å². The first-order chi connectivity index (χ1) is 16.5. The van der Waals surface area contributed by atoms with Crippen LogP contribution in [0.5, 0.6) is 17.2 Å². The fourth-order valence-electron chi connectivity index (χ4n) is 4.20. The molecule has 0 saturated heterocycles. The molecule has 5 rings (SSSR count). The lowest BCUT2D eigenvalue weighted by molar-refractivity contribution is 0.110. The van der Waals surface area contributed by atoms with Crippen molar-refractivity contribution in [3.05, 3.63) is 77.6 Å². The highest BCUT2D eigenvalue weighted by Gasteiger charge is 2.41. The molecular weight excluding hydrogens is 426 g/mol. The Morgan fingerprint density at radius 3 is 2.53 bits per heavy atom. The van der Waals surface area contributed by atoms with Crippen LogP contribution in [0.4, 0.5) is 11.5 Å². The molecule has 1 aliphatic rings. The number of benzene rings is 3. The minimum Gasteiger partial charge on any atom is -0.491 e. The van der Waals surface area contributed by atoms with Gasteiger partial charge in [-0.1, -0.05) is 19.9 Å². The Balaban J connectivity index is 1.32. The Bertz CT molecular complexity index is 1350. The van der Waals surface area contributed by atoms with Gasteiger partial charge in [-0.05, 0) is 79.1 Å². The van der Waals surface area contributed by atoms with Crippen molar-refractivity contribution in [1.82, 2.24) is 9.97 Å². The molecule has 0 radical (unpaired) electrons. The normalized spacial score (nSPS) is 13.4. The van der Waals surface area contributed by atoms with Gasteiger partial charge in [0.1, 0.15) is 36.0 Å². The predicted molar refractivity (Wildman–Crippen MR) is 135 cm³/mol. The van der Waals surface area contributed by atoms with E-state index in [-0.39, 0.29) is 5.41 Å². The van der Waals surface area contributed by atoms with Gasteiger partial charge in [-0.2, -0.15) is 0 Å². The summed E-state index contributed by atoms with van der Waals surface area (Å²) in [5, 5.41) is 4.32. The number of aryl methyl sites for hydroxylation is 1. The van der Waals surface area contributed by atoms with Crippen molar-refractivity contribution in [1.29, 1.82) is 0 Å². The van der Waals surface area contributed by atoms with Crippen molar-refractivity contribution >= 4 is 22.4 Å². The molecule has 0 saturated carbocycles.